The number of aryl methyl sites for hydroxylation is 1. The van der Waals surface area contributed by atoms with Crippen LogP contribution in [0, 0.1) is 0 Å². The van der Waals surface area contributed by atoms with Crippen LogP contribution in [0.1, 0.15) is 29.3 Å². The number of hydrogen-bond donors (Lipinski definition) is 3. The van der Waals surface area contributed by atoms with E-state index in [9.17, 15) is 9.59 Å². The first kappa shape index (κ1) is 24.5. The van der Waals surface area contributed by atoms with E-state index in [1.54, 1.807) is 12.1 Å². The average molecular weight is 454 g/mol. The van der Waals surface area contributed by atoms with Crippen LogP contribution in [0.25, 0.3) is 0 Å². The number of nitrogens with zero attached hydrogens (tertiary/aromatic N) is 2. The van der Waals surface area contributed by atoms with Crippen LogP contribution in [-0.4, -0.2) is 70.3 Å². The van der Waals surface area contributed by atoms with Crippen molar-refractivity contribution in [3.63, 3.8) is 0 Å². The van der Waals surface area contributed by atoms with Crippen molar-refractivity contribution >= 4 is 29.0 Å². The molecular formula is C25H35N5O3. The lowest BCUT2D eigenvalue weighted by molar-refractivity contribution is 0.0374. The van der Waals surface area contributed by atoms with Gasteiger partial charge in [-0.25, -0.2) is 4.79 Å². The number of nitrogens with one attached hydrogen (secondary N) is 3. The van der Waals surface area contributed by atoms with E-state index < -0.39 is 0 Å². The maximum absolute atomic E-state index is 12.9. The molecule has 3 amide bonds. The van der Waals surface area contributed by atoms with E-state index in [-0.39, 0.29) is 11.9 Å². The van der Waals surface area contributed by atoms with Crippen molar-refractivity contribution in [3.05, 3.63) is 53.6 Å². The Morgan fingerprint density at radius 3 is 2.55 bits per heavy atom. The summed E-state index contributed by atoms with van der Waals surface area (Å²) in [5.41, 5.74) is 3.72. The lowest BCUT2D eigenvalue weighted by Gasteiger charge is -2.26. The molecule has 2 aromatic rings. The van der Waals surface area contributed by atoms with Crippen molar-refractivity contribution in [3.8, 4) is 0 Å². The van der Waals surface area contributed by atoms with Gasteiger partial charge in [-0.15, -0.1) is 0 Å². The van der Waals surface area contributed by atoms with Crippen LogP contribution in [0.3, 0.4) is 0 Å². The molecule has 3 N–H and O–H groups in total. The van der Waals surface area contributed by atoms with Gasteiger partial charge in [0.15, 0.2) is 0 Å². The summed E-state index contributed by atoms with van der Waals surface area (Å²) in [4.78, 5) is 29.7. The van der Waals surface area contributed by atoms with E-state index in [1.165, 1.54) is 0 Å². The van der Waals surface area contributed by atoms with Gasteiger partial charge in [-0.05, 0) is 49.2 Å². The zero-order chi connectivity index (χ0) is 23.6. The number of hydrogen-bond acceptors (Lipinski definition) is 5. The lowest BCUT2D eigenvalue weighted by atomic mass is 10.1. The van der Waals surface area contributed by atoms with E-state index in [2.05, 4.69) is 20.9 Å². The summed E-state index contributed by atoms with van der Waals surface area (Å²) in [5, 5.41) is 8.76. The van der Waals surface area contributed by atoms with Gasteiger partial charge in [0.05, 0.1) is 18.8 Å². The highest BCUT2D eigenvalue weighted by atomic mass is 16.5. The Hall–Kier alpha value is -3.10. The van der Waals surface area contributed by atoms with Crippen molar-refractivity contribution in [2.24, 2.45) is 0 Å². The molecule has 0 spiro atoms. The van der Waals surface area contributed by atoms with Crippen molar-refractivity contribution in [1.82, 2.24) is 10.2 Å². The number of morpholine rings is 1. The monoisotopic (exact) mass is 453 g/mol. The molecule has 0 unspecified atom stereocenters. The van der Waals surface area contributed by atoms with Gasteiger partial charge in [0, 0.05) is 50.8 Å². The predicted molar refractivity (Wildman–Crippen MR) is 133 cm³/mol. The number of carbonyl (C=O) groups excluding carboxylic acids is 2. The number of urea groups is 1. The normalized spacial score (nSPS) is 13.9. The van der Waals surface area contributed by atoms with Crippen molar-refractivity contribution in [2.45, 2.75) is 19.8 Å². The molecule has 8 nitrogen and oxygen atoms in total. The molecule has 2 aromatic carbocycles. The van der Waals surface area contributed by atoms with Crippen LogP contribution in [0.2, 0.25) is 0 Å². The highest BCUT2D eigenvalue weighted by Gasteiger charge is 2.16. The van der Waals surface area contributed by atoms with Gasteiger partial charge in [0.2, 0.25) is 0 Å². The molecule has 0 aliphatic carbocycles. The second-order valence-electron chi connectivity index (χ2n) is 8.28. The molecule has 1 aliphatic rings. The Kier molecular flexibility index (Phi) is 9.09. The Labute approximate surface area is 196 Å². The first-order chi connectivity index (χ1) is 16.0. The minimum atomic E-state index is -0.342. The van der Waals surface area contributed by atoms with Crippen molar-refractivity contribution in [2.75, 3.05) is 69.0 Å². The molecule has 0 aromatic heterocycles. The molecule has 178 valence electrons. The highest BCUT2D eigenvalue weighted by Crippen LogP contribution is 2.23. The maximum atomic E-state index is 12.9. The fourth-order valence-corrected chi connectivity index (χ4v) is 3.85. The van der Waals surface area contributed by atoms with E-state index in [0.29, 0.717) is 17.8 Å². The average Bonchev–Trinajstić information content (AvgIpc) is 2.82. The number of amides is 3. The third-order valence-electron chi connectivity index (χ3n) is 5.67. The summed E-state index contributed by atoms with van der Waals surface area (Å²) in [6, 6.07) is 12.7. The molecule has 0 radical (unpaired) electrons. The van der Waals surface area contributed by atoms with Crippen LogP contribution in [0.15, 0.2) is 42.5 Å². The summed E-state index contributed by atoms with van der Waals surface area (Å²) in [5.74, 6) is -0.152. The minimum absolute atomic E-state index is 0.152. The van der Waals surface area contributed by atoms with Crippen molar-refractivity contribution < 1.29 is 14.3 Å². The number of anilines is 3. The fraction of sp³-hybridized carbons (Fsp3) is 0.440. The summed E-state index contributed by atoms with van der Waals surface area (Å²) < 4.78 is 5.37. The summed E-state index contributed by atoms with van der Waals surface area (Å²) in [7, 11) is 3.79. The fourth-order valence-electron chi connectivity index (χ4n) is 3.85. The quantitative estimate of drug-likeness (QED) is 0.507. The number of carbonyl (C=O) groups is 2. The molecule has 0 atom stereocenters. The molecule has 0 bridgehead atoms. The van der Waals surface area contributed by atoms with E-state index >= 15 is 0 Å². The molecule has 1 aliphatic heterocycles. The van der Waals surface area contributed by atoms with E-state index in [4.69, 9.17) is 4.74 Å². The number of rotatable bonds is 9. The summed E-state index contributed by atoms with van der Waals surface area (Å²) >= 11 is 0. The Balaban J connectivity index is 1.60. The number of benzene rings is 2. The molecule has 8 heteroatoms. The standard InChI is InChI=1S/C25H35N5O3/c1-4-19-8-5-6-9-22(19)28-25(32)27-20-10-11-23(29(2)3)21(18-20)24(31)26-12-7-13-30-14-16-33-17-15-30/h5-6,8-11,18H,4,7,12-17H2,1-3H3,(H,26,31)(H2,27,28,32). The molecular weight excluding hydrogens is 418 g/mol. The molecule has 33 heavy (non-hydrogen) atoms. The first-order valence-corrected chi connectivity index (χ1v) is 11.5. The molecule has 1 fully saturated rings. The van der Waals surface area contributed by atoms with Gasteiger partial charge in [0.25, 0.3) is 5.91 Å². The smallest absolute Gasteiger partial charge is 0.323 e. The van der Waals surface area contributed by atoms with E-state index in [1.807, 2.05) is 56.3 Å². The highest BCUT2D eigenvalue weighted by molar-refractivity contribution is 6.04. The number of ether oxygens (including phenoxy) is 1. The van der Waals surface area contributed by atoms with E-state index in [0.717, 1.165) is 62.6 Å². The second kappa shape index (κ2) is 12.2. The van der Waals surface area contributed by atoms with Gasteiger partial charge in [-0.2, -0.15) is 0 Å². The van der Waals surface area contributed by atoms with Gasteiger partial charge >= 0.3 is 6.03 Å². The van der Waals surface area contributed by atoms with Crippen LogP contribution < -0.4 is 20.9 Å². The summed E-state index contributed by atoms with van der Waals surface area (Å²) in [6.45, 7) is 7.00. The zero-order valence-corrected chi connectivity index (χ0v) is 19.8. The third-order valence-corrected chi connectivity index (χ3v) is 5.67. The van der Waals surface area contributed by atoms with Gasteiger partial charge in [-0.3, -0.25) is 9.69 Å². The Bertz CT molecular complexity index is 941. The topological polar surface area (TPSA) is 85.9 Å². The SMILES string of the molecule is CCc1ccccc1NC(=O)Nc1ccc(N(C)C)c(C(=O)NCCCN2CCOCC2)c1. The molecule has 3 rings (SSSR count). The molecule has 0 saturated carbocycles. The number of para-hydroxylation sites is 1. The van der Waals surface area contributed by atoms with Gasteiger partial charge < -0.3 is 25.6 Å². The molecule has 1 heterocycles. The van der Waals surface area contributed by atoms with Gasteiger partial charge in [-0.1, -0.05) is 25.1 Å². The van der Waals surface area contributed by atoms with Gasteiger partial charge in [0.1, 0.15) is 0 Å². The largest absolute Gasteiger partial charge is 0.379 e. The van der Waals surface area contributed by atoms with Crippen LogP contribution in [0.4, 0.5) is 21.9 Å². The zero-order valence-electron chi connectivity index (χ0n) is 19.8. The second-order valence-corrected chi connectivity index (χ2v) is 8.28. The first-order valence-electron chi connectivity index (χ1n) is 11.5. The molecule has 1 saturated heterocycles. The lowest BCUT2D eigenvalue weighted by Crippen LogP contribution is -2.38. The maximum Gasteiger partial charge on any atom is 0.323 e. The van der Waals surface area contributed by atoms with Crippen LogP contribution in [0.5, 0.6) is 0 Å². The third kappa shape index (κ3) is 7.20. The summed E-state index contributed by atoms with van der Waals surface area (Å²) in [6.07, 6.45) is 1.70. The van der Waals surface area contributed by atoms with Crippen molar-refractivity contribution in [1.29, 1.82) is 0 Å². The minimum Gasteiger partial charge on any atom is -0.379 e. The van der Waals surface area contributed by atoms with Crippen LogP contribution in [-0.2, 0) is 11.2 Å². The Morgan fingerprint density at radius 1 is 1.06 bits per heavy atom. The predicted octanol–water partition coefficient (Wildman–Crippen LogP) is 3.41. The Morgan fingerprint density at radius 2 is 1.82 bits per heavy atom. The van der Waals surface area contributed by atoms with Crippen LogP contribution >= 0.6 is 0 Å².